The van der Waals surface area contributed by atoms with Crippen molar-refractivity contribution in [3.63, 3.8) is 0 Å². The fourth-order valence-corrected chi connectivity index (χ4v) is 6.29. The van der Waals surface area contributed by atoms with Gasteiger partial charge >= 0.3 is 6.03 Å². The van der Waals surface area contributed by atoms with Crippen molar-refractivity contribution in [2.75, 3.05) is 34.3 Å². The third kappa shape index (κ3) is 5.20. The molecule has 1 heterocycles. The predicted octanol–water partition coefficient (Wildman–Crippen LogP) is 6.28. The van der Waals surface area contributed by atoms with Crippen molar-refractivity contribution in [3.05, 3.63) is 65.7 Å². The van der Waals surface area contributed by atoms with E-state index in [9.17, 15) is 4.79 Å². The molecule has 2 aliphatic rings. The molecule has 0 bridgehead atoms. The molecular weight excluding hydrogens is 434 g/mol. The molecule has 1 aliphatic heterocycles. The van der Waals surface area contributed by atoms with Crippen LogP contribution in [0.1, 0.15) is 69.4 Å². The molecule has 4 rings (SSSR count). The van der Waals surface area contributed by atoms with Crippen molar-refractivity contribution in [2.24, 2.45) is 0 Å². The lowest BCUT2D eigenvalue weighted by atomic mass is 9.68. The molecule has 1 aliphatic carbocycles. The van der Waals surface area contributed by atoms with E-state index in [1.165, 1.54) is 24.8 Å². The van der Waals surface area contributed by atoms with Crippen LogP contribution in [0, 0.1) is 0 Å². The van der Waals surface area contributed by atoms with Gasteiger partial charge in [0.05, 0.1) is 12.6 Å². The number of urea groups is 1. The van der Waals surface area contributed by atoms with E-state index in [4.69, 9.17) is 4.74 Å². The molecule has 5 heteroatoms. The van der Waals surface area contributed by atoms with Gasteiger partial charge in [-0.15, -0.1) is 0 Å². The minimum absolute atomic E-state index is 0.0346. The summed E-state index contributed by atoms with van der Waals surface area (Å²) < 4.78 is 5.31. The van der Waals surface area contributed by atoms with Crippen LogP contribution in [0.15, 0.2) is 54.6 Å². The normalized spacial score (nSPS) is 24.5. The molecule has 1 spiro atoms. The number of ether oxygens (including phenoxy) is 1. The number of rotatable bonds is 10. The summed E-state index contributed by atoms with van der Waals surface area (Å²) in [6.45, 7) is 4.60. The average molecular weight is 478 g/mol. The minimum Gasteiger partial charge on any atom is -0.497 e. The molecule has 1 saturated carbocycles. The first-order chi connectivity index (χ1) is 16.9. The van der Waals surface area contributed by atoms with Crippen molar-refractivity contribution in [1.29, 1.82) is 0 Å². The number of methoxy groups -OCH3 is 1. The standard InChI is InChI=1S/C30H43N3O2/c1-5-6-7-11-22-33-28(34)32(23-25-14-16-27(35-4)17-15-25)24-29(33)18-20-30(21-19-29,31(2)3)26-12-9-8-10-13-26/h8-10,12-17H,5-7,11,18-24H2,1-4H3/t29-,30+. The molecule has 0 unspecified atom stereocenters. The van der Waals surface area contributed by atoms with E-state index in [0.29, 0.717) is 6.54 Å². The third-order valence-corrected chi connectivity index (χ3v) is 8.50. The maximum absolute atomic E-state index is 13.8. The van der Waals surface area contributed by atoms with Crippen molar-refractivity contribution in [2.45, 2.75) is 75.9 Å². The molecule has 1 saturated heterocycles. The SMILES string of the molecule is CCCCCCN1C(=O)N(Cc2ccc(OC)cc2)C[C@]12CC[C@](c1ccccc1)(N(C)C)CC2. The molecule has 0 N–H and O–H groups in total. The fraction of sp³-hybridized carbons (Fsp3) is 0.567. The second-order valence-corrected chi connectivity index (χ2v) is 10.7. The first-order valence-electron chi connectivity index (χ1n) is 13.4. The van der Waals surface area contributed by atoms with Gasteiger partial charge in [0.15, 0.2) is 0 Å². The number of carbonyl (C=O) groups excluding carboxylic acids is 1. The molecule has 0 atom stereocenters. The number of unbranched alkanes of at least 4 members (excludes halogenated alkanes) is 3. The van der Waals surface area contributed by atoms with Crippen LogP contribution in [-0.4, -0.2) is 60.6 Å². The van der Waals surface area contributed by atoms with Crippen molar-refractivity contribution in [3.8, 4) is 5.75 Å². The Kier molecular flexibility index (Phi) is 8.05. The maximum Gasteiger partial charge on any atom is 0.320 e. The summed E-state index contributed by atoms with van der Waals surface area (Å²) in [6.07, 6.45) is 8.96. The minimum atomic E-state index is -0.0654. The highest BCUT2D eigenvalue weighted by Crippen LogP contribution is 2.49. The van der Waals surface area contributed by atoms with Gasteiger partial charge in [0.25, 0.3) is 0 Å². The molecule has 0 radical (unpaired) electrons. The van der Waals surface area contributed by atoms with Crippen LogP contribution in [0.25, 0.3) is 0 Å². The maximum atomic E-state index is 13.8. The summed E-state index contributed by atoms with van der Waals surface area (Å²) in [7, 11) is 6.11. The number of carbonyl (C=O) groups is 1. The Hall–Kier alpha value is -2.53. The number of hydrogen-bond donors (Lipinski definition) is 0. The number of nitrogens with zero attached hydrogens (tertiary/aromatic N) is 3. The molecule has 0 aromatic heterocycles. The van der Waals surface area contributed by atoms with Gasteiger partial charge < -0.3 is 14.5 Å². The van der Waals surface area contributed by atoms with Gasteiger partial charge in [0, 0.05) is 25.2 Å². The van der Waals surface area contributed by atoms with Gasteiger partial charge in [-0.2, -0.15) is 0 Å². The molecule has 2 amide bonds. The Morgan fingerprint density at radius 2 is 1.60 bits per heavy atom. The van der Waals surface area contributed by atoms with Gasteiger partial charge in [-0.25, -0.2) is 4.79 Å². The highest BCUT2D eigenvalue weighted by molar-refractivity contribution is 5.78. The van der Waals surface area contributed by atoms with E-state index in [2.05, 4.69) is 78.2 Å². The van der Waals surface area contributed by atoms with Crippen LogP contribution in [0.2, 0.25) is 0 Å². The Labute approximate surface area is 212 Å². The summed E-state index contributed by atoms with van der Waals surface area (Å²) in [5, 5.41) is 0. The van der Waals surface area contributed by atoms with Crippen LogP contribution in [0.5, 0.6) is 5.75 Å². The summed E-state index contributed by atoms with van der Waals surface area (Å²) in [4.78, 5) is 20.5. The topological polar surface area (TPSA) is 36.0 Å². The lowest BCUT2D eigenvalue weighted by Gasteiger charge is -2.51. The van der Waals surface area contributed by atoms with E-state index >= 15 is 0 Å². The Morgan fingerprint density at radius 3 is 2.20 bits per heavy atom. The zero-order chi connectivity index (χ0) is 24.9. The fourth-order valence-electron chi connectivity index (χ4n) is 6.29. The largest absolute Gasteiger partial charge is 0.497 e. The first kappa shape index (κ1) is 25.6. The highest BCUT2D eigenvalue weighted by Gasteiger charge is 2.54. The summed E-state index contributed by atoms with van der Waals surface area (Å²) in [5.41, 5.74) is 2.52. The molecule has 35 heavy (non-hydrogen) atoms. The molecule has 2 aromatic carbocycles. The lowest BCUT2D eigenvalue weighted by molar-refractivity contribution is 0.0241. The van der Waals surface area contributed by atoms with Crippen molar-refractivity contribution in [1.82, 2.24) is 14.7 Å². The van der Waals surface area contributed by atoms with E-state index in [1.807, 2.05) is 12.1 Å². The van der Waals surface area contributed by atoms with Crippen molar-refractivity contribution < 1.29 is 9.53 Å². The first-order valence-corrected chi connectivity index (χ1v) is 13.4. The second kappa shape index (κ2) is 11.0. The number of benzene rings is 2. The van der Waals surface area contributed by atoms with E-state index in [1.54, 1.807) is 7.11 Å². The van der Waals surface area contributed by atoms with Gasteiger partial charge in [-0.3, -0.25) is 4.90 Å². The van der Waals surface area contributed by atoms with Gasteiger partial charge in [-0.1, -0.05) is 68.7 Å². The summed E-state index contributed by atoms with van der Waals surface area (Å²) in [5.74, 6) is 0.851. The highest BCUT2D eigenvalue weighted by atomic mass is 16.5. The monoisotopic (exact) mass is 477 g/mol. The second-order valence-electron chi connectivity index (χ2n) is 10.7. The lowest BCUT2D eigenvalue weighted by Crippen LogP contribution is -2.55. The third-order valence-electron chi connectivity index (χ3n) is 8.50. The number of hydrogen-bond acceptors (Lipinski definition) is 3. The smallest absolute Gasteiger partial charge is 0.320 e. The van der Waals surface area contributed by atoms with Crippen molar-refractivity contribution >= 4 is 6.03 Å². The van der Waals surface area contributed by atoms with Gasteiger partial charge in [-0.05, 0) is 69.5 Å². The van der Waals surface area contributed by atoms with Gasteiger partial charge in [0.2, 0.25) is 0 Å². The molecular formula is C30H43N3O2. The molecule has 5 nitrogen and oxygen atoms in total. The molecule has 2 aromatic rings. The van der Waals surface area contributed by atoms with E-state index < -0.39 is 0 Å². The zero-order valence-electron chi connectivity index (χ0n) is 22.1. The average Bonchev–Trinajstić information content (AvgIpc) is 3.13. The predicted molar refractivity (Wildman–Crippen MR) is 143 cm³/mol. The Morgan fingerprint density at radius 1 is 0.914 bits per heavy atom. The Bertz CT molecular complexity index is 949. The van der Waals surface area contributed by atoms with Crippen LogP contribution < -0.4 is 4.74 Å². The van der Waals surface area contributed by atoms with E-state index in [0.717, 1.165) is 56.5 Å². The summed E-state index contributed by atoms with van der Waals surface area (Å²) >= 11 is 0. The quantitative estimate of drug-likeness (QED) is 0.378. The Balaban J connectivity index is 1.55. The van der Waals surface area contributed by atoms with Crippen LogP contribution in [-0.2, 0) is 12.1 Å². The summed E-state index contributed by atoms with van der Waals surface area (Å²) in [6, 6.07) is 19.3. The van der Waals surface area contributed by atoms with Crippen LogP contribution in [0.4, 0.5) is 4.79 Å². The van der Waals surface area contributed by atoms with Crippen LogP contribution in [0.3, 0.4) is 0 Å². The zero-order valence-corrected chi connectivity index (χ0v) is 22.1. The molecule has 2 fully saturated rings. The van der Waals surface area contributed by atoms with E-state index in [-0.39, 0.29) is 17.1 Å². The number of amides is 2. The molecule has 190 valence electrons. The van der Waals surface area contributed by atoms with Gasteiger partial charge in [0.1, 0.15) is 5.75 Å². The van der Waals surface area contributed by atoms with Crippen LogP contribution >= 0.6 is 0 Å².